The summed E-state index contributed by atoms with van der Waals surface area (Å²) >= 11 is 0. The summed E-state index contributed by atoms with van der Waals surface area (Å²) in [5.74, 6) is -2.13. The van der Waals surface area contributed by atoms with Gasteiger partial charge in [0.15, 0.2) is 18.2 Å². The highest BCUT2D eigenvalue weighted by Crippen LogP contribution is 2.26. The van der Waals surface area contributed by atoms with Gasteiger partial charge in [0.1, 0.15) is 6.10 Å². The Morgan fingerprint density at radius 1 is 0.897 bits per heavy atom. The summed E-state index contributed by atoms with van der Waals surface area (Å²) in [6.07, 6.45) is 12.4. The molecule has 0 fully saturated rings. The van der Waals surface area contributed by atoms with Crippen LogP contribution in [0.1, 0.15) is 96.8 Å². The minimum Gasteiger partial charge on any atom is -0.499 e. The van der Waals surface area contributed by atoms with Crippen molar-refractivity contribution in [1.29, 1.82) is 0 Å². The molecule has 1 unspecified atom stereocenters. The van der Waals surface area contributed by atoms with E-state index >= 15 is 0 Å². The summed E-state index contributed by atoms with van der Waals surface area (Å²) in [7, 11) is 0. The van der Waals surface area contributed by atoms with Crippen LogP contribution in [0, 0.1) is 0 Å². The van der Waals surface area contributed by atoms with Crippen molar-refractivity contribution in [3.05, 3.63) is 11.5 Å². The predicted molar refractivity (Wildman–Crippen MR) is 110 cm³/mol. The number of rotatable bonds is 18. The van der Waals surface area contributed by atoms with Gasteiger partial charge in [-0.25, -0.2) is 4.79 Å². The van der Waals surface area contributed by atoms with Gasteiger partial charge in [0, 0.05) is 6.42 Å². The van der Waals surface area contributed by atoms with E-state index in [1.165, 1.54) is 64.2 Å². The molecule has 29 heavy (non-hydrogen) atoms. The van der Waals surface area contributed by atoms with Crippen molar-refractivity contribution in [3.63, 3.8) is 0 Å². The first-order valence-corrected chi connectivity index (χ1v) is 11.3. The Kier molecular flexibility index (Phi) is 13.8. The number of aliphatic hydroxyl groups is 4. The molecule has 1 rings (SSSR count). The highest BCUT2D eigenvalue weighted by Gasteiger charge is 2.41. The van der Waals surface area contributed by atoms with Crippen LogP contribution < -0.4 is 0 Å². The zero-order valence-corrected chi connectivity index (χ0v) is 17.9. The summed E-state index contributed by atoms with van der Waals surface area (Å²) < 4.78 is 9.96. The van der Waals surface area contributed by atoms with Gasteiger partial charge < -0.3 is 29.9 Å². The summed E-state index contributed by atoms with van der Waals surface area (Å²) in [5.41, 5.74) is 0. The molecule has 3 atom stereocenters. The Labute approximate surface area is 174 Å². The molecule has 0 saturated heterocycles. The van der Waals surface area contributed by atoms with E-state index in [2.05, 4.69) is 6.92 Å². The van der Waals surface area contributed by atoms with E-state index in [0.717, 1.165) is 19.3 Å². The molecule has 0 amide bonds. The molecule has 1 aliphatic rings. The molecule has 1 aliphatic heterocycles. The second-order valence-electron chi connectivity index (χ2n) is 7.89. The van der Waals surface area contributed by atoms with Gasteiger partial charge in [-0.3, -0.25) is 0 Å². The van der Waals surface area contributed by atoms with Gasteiger partial charge >= 0.3 is 5.97 Å². The maximum atomic E-state index is 11.4. The zero-order chi connectivity index (χ0) is 21.5. The van der Waals surface area contributed by atoms with Crippen molar-refractivity contribution in [1.82, 2.24) is 0 Å². The van der Waals surface area contributed by atoms with Gasteiger partial charge in [-0.05, 0) is 6.42 Å². The van der Waals surface area contributed by atoms with Gasteiger partial charge in [-0.1, -0.05) is 84.0 Å². The number of esters is 1. The summed E-state index contributed by atoms with van der Waals surface area (Å²) in [6, 6.07) is 0. The lowest BCUT2D eigenvalue weighted by Gasteiger charge is -2.21. The van der Waals surface area contributed by atoms with Crippen molar-refractivity contribution >= 4 is 5.97 Å². The third-order valence-corrected chi connectivity index (χ3v) is 5.27. The van der Waals surface area contributed by atoms with E-state index in [-0.39, 0.29) is 5.76 Å². The lowest BCUT2D eigenvalue weighted by Crippen LogP contribution is -2.33. The van der Waals surface area contributed by atoms with Gasteiger partial charge in [0.05, 0.1) is 6.61 Å². The molecular formula is C22H40O7. The lowest BCUT2D eigenvalue weighted by atomic mass is 10.0. The van der Waals surface area contributed by atoms with Crippen LogP contribution in [0.5, 0.6) is 0 Å². The van der Waals surface area contributed by atoms with Crippen LogP contribution in [-0.4, -0.2) is 51.5 Å². The molecule has 0 bridgehead atoms. The van der Waals surface area contributed by atoms with Gasteiger partial charge in [0.25, 0.3) is 0 Å². The minimum atomic E-state index is -1.41. The summed E-state index contributed by atoms with van der Waals surface area (Å²) in [6.45, 7) is 1.58. The van der Waals surface area contributed by atoms with E-state index in [9.17, 15) is 20.1 Å². The highest BCUT2D eigenvalue weighted by molar-refractivity contribution is 5.89. The Hall–Kier alpha value is -1.31. The molecule has 1 heterocycles. The van der Waals surface area contributed by atoms with Crippen LogP contribution in [0.4, 0.5) is 0 Å². The number of unbranched alkanes of at least 4 members (excludes halogenated alkanes) is 12. The monoisotopic (exact) mass is 416 g/mol. The molecule has 170 valence electrons. The number of carbonyl (C=O) groups is 1. The largest absolute Gasteiger partial charge is 0.499 e. The van der Waals surface area contributed by atoms with Crippen LogP contribution >= 0.6 is 0 Å². The number of aliphatic hydroxyl groups excluding tert-OH is 4. The van der Waals surface area contributed by atoms with Gasteiger partial charge in [0.2, 0.25) is 5.76 Å². The first kappa shape index (κ1) is 25.7. The normalized spacial score (nSPS) is 18.8. The maximum absolute atomic E-state index is 11.4. The SMILES string of the molecule is CCCCCCCCCCCCCCCC(O)OC1=C(O)C(=O)O[C@@H]1[C@@H](O)CO. The van der Waals surface area contributed by atoms with Crippen molar-refractivity contribution in [3.8, 4) is 0 Å². The summed E-state index contributed by atoms with van der Waals surface area (Å²) in [5, 5.41) is 38.3. The Balaban J connectivity index is 2.05. The smallest absolute Gasteiger partial charge is 0.378 e. The summed E-state index contributed by atoms with van der Waals surface area (Å²) in [4.78, 5) is 11.4. The predicted octanol–water partition coefficient (Wildman–Crippen LogP) is 3.85. The standard InChI is InChI=1S/C22H40O7/c1-2-3-4-5-6-7-8-9-10-11-12-13-14-15-18(25)28-21-19(26)22(27)29-20(21)17(24)16-23/h17-18,20,23-26H,2-16H2,1H3/t17-,18?,20+/m0/s1. The second-order valence-corrected chi connectivity index (χ2v) is 7.89. The molecule has 0 spiro atoms. The van der Waals surface area contributed by atoms with Crippen LogP contribution in [0.2, 0.25) is 0 Å². The fourth-order valence-electron chi connectivity index (χ4n) is 3.47. The Morgan fingerprint density at radius 3 is 1.86 bits per heavy atom. The van der Waals surface area contributed by atoms with Crippen LogP contribution in [0.3, 0.4) is 0 Å². The van der Waals surface area contributed by atoms with E-state index in [4.69, 9.17) is 14.6 Å². The van der Waals surface area contributed by atoms with E-state index in [0.29, 0.717) is 6.42 Å². The Bertz CT molecular complexity index is 478. The van der Waals surface area contributed by atoms with Crippen LogP contribution in [0.15, 0.2) is 11.5 Å². The number of cyclic esters (lactones) is 1. The second kappa shape index (κ2) is 15.5. The third kappa shape index (κ3) is 10.3. The molecular weight excluding hydrogens is 376 g/mol. The topological polar surface area (TPSA) is 116 Å². The quantitative estimate of drug-likeness (QED) is 0.152. The average Bonchev–Trinajstić information content (AvgIpc) is 2.99. The van der Waals surface area contributed by atoms with Crippen molar-refractivity contribution < 1.29 is 34.7 Å². The fourth-order valence-corrected chi connectivity index (χ4v) is 3.47. The van der Waals surface area contributed by atoms with Crippen molar-refractivity contribution in [2.24, 2.45) is 0 Å². The number of ether oxygens (including phenoxy) is 2. The molecule has 0 aliphatic carbocycles. The fraction of sp³-hybridized carbons (Fsp3) is 0.864. The van der Waals surface area contributed by atoms with E-state index in [1.54, 1.807) is 0 Å². The molecule has 7 heteroatoms. The zero-order valence-electron chi connectivity index (χ0n) is 17.9. The van der Waals surface area contributed by atoms with Gasteiger partial charge in [-0.2, -0.15) is 0 Å². The van der Waals surface area contributed by atoms with Crippen LogP contribution in [-0.2, 0) is 14.3 Å². The van der Waals surface area contributed by atoms with E-state index < -0.39 is 36.8 Å². The first-order valence-electron chi connectivity index (χ1n) is 11.3. The van der Waals surface area contributed by atoms with Crippen molar-refractivity contribution in [2.75, 3.05) is 6.61 Å². The first-order chi connectivity index (χ1) is 14.0. The molecule has 4 N–H and O–H groups in total. The molecule has 0 saturated carbocycles. The number of hydrogen-bond acceptors (Lipinski definition) is 7. The maximum Gasteiger partial charge on any atom is 0.378 e. The molecule has 0 aromatic rings. The highest BCUT2D eigenvalue weighted by atomic mass is 16.6. The van der Waals surface area contributed by atoms with Crippen LogP contribution in [0.25, 0.3) is 0 Å². The van der Waals surface area contributed by atoms with Crippen molar-refractivity contribution in [2.45, 2.75) is 115 Å². The Morgan fingerprint density at radius 2 is 1.38 bits per heavy atom. The number of hydrogen-bond donors (Lipinski definition) is 4. The average molecular weight is 417 g/mol. The lowest BCUT2D eigenvalue weighted by molar-refractivity contribution is -0.150. The minimum absolute atomic E-state index is 0.321. The molecule has 0 radical (unpaired) electrons. The van der Waals surface area contributed by atoms with E-state index in [1.807, 2.05) is 0 Å². The number of carbonyl (C=O) groups excluding carboxylic acids is 1. The van der Waals surface area contributed by atoms with Gasteiger partial charge in [-0.15, -0.1) is 0 Å². The third-order valence-electron chi connectivity index (χ3n) is 5.27. The molecule has 0 aromatic heterocycles. The molecule has 7 nitrogen and oxygen atoms in total. The molecule has 0 aromatic carbocycles.